The summed E-state index contributed by atoms with van der Waals surface area (Å²) in [6.45, 7) is 0.579. The number of hydrogen-bond donors (Lipinski definition) is 3. The molecule has 0 radical (unpaired) electrons. The number of nitrogens with two attached hydrogens (primary N) is 1. The van der Waals surface area contributed by atoms with Gasteiger partial charge in [0.2, 0.25) is 5.91 Å². The number of nitrogens with zero attached hydrogens (tertiary/aromatic N) is 3. The summed E-state index contributed by atoms with van der Waals surface area (Å²) in [5.41, 5.74) is 11.4. The van der Waals surface area contributed by atoms with Gasteiger partial charge in [0.1, 0.15) is 12.2 Å². The van der Waals surface area contributed by atoms with E-state index >= 15 is 0 Å². The minimum atomic E-state index is -0.262. The zero-order valence-electron chi connectivity index (χ0n) is 21.1. The molecule has 5 rings (SSSR count). The maximum Gasteiger partial charge on any atom is 0.273 e. The number of rotatable bonds is 10. The predicted molar refractivity (Wildman–Crippen MR) is 148 cm³/mol. The second kappa shape index (κ2) is 11.7. The van der Waals surface area contributed by atoms with Gasteiger partial charge >= 0.3 is 0 Å². The number of carbonyl (C=O) groups excluding carboxylic acids is 1. The van der Waals surface area contributed by atoms with E-state index in [1.165, 1.54) is 10.1 Å². The van der Waals surface area contributed by atoms with Crippen LogP contribution in [0.1, 0.15) is 28.9 Å². The number of amides is 1. The van der Waals surface area contributed by atoms with Gasteiger partial charge in [-0.15, -0.1) is 0 Å². The first-order chi connectivity index (χ1) is 18.6. The Hall–Kier alpha value is -4.56. The van der Waals surface area contributed by atoms with E-state index in [9.17, 15) is 9.59 Å². The molecule has 0 aliphatic rings. The van der Waals surface area contributed by atoms with E-state index in [2.05, 4.69) is 32.4 Å². The van der Waals surface area contributed by atoms with E-state index in [4.69, 9.17) is 5.73 Å². The molecule has 4 N–H and O–H groups in total. The lowest BCUT2D eigenvalue weighted by atomic mass is 10.1. The van der Waals surface area contributed by atoms with Crippen LogP contribution in [-0.2, 0) is 37.3 Å². The third kappa shape index (κ3) is 5.87. The average Bonchev–Trinajstić information content (AvgIpc) is 3.38. The second-order valence-electron chi connectivity index (χ2n) is 9.26. The van der Waals surface area contributed by atoms with Gasteiger partial charge in [-0.25, -0.2) is 0 Å². The highest BCUT2D eigenvalue weighted by molar-refractivity contribution is 5.80. The lowest BCUT2D eigenvalue weighted by Crippen LogP contribution is -2.34. The van der Waals surface area contributed by atoms with Crippen molar-refractivity contribution in [3.63, 3.8) is 0 Å². The molecule has 1 amide bonds. The number of H-pyrrole nitrogens is 1. The van der Waals surface area contributed by atoms with Gasteiger partial charge in [0.25, 0.3) is 5.56 Å². The summed E-state index contributed by atoms with van der Waals surface area (Å²) in [4.78, 5) is 38.5. The van der Waals surface area contributed by atoms with E-state index in [0.717, 1.165) is 40.6 Å². The van der Waals surface area contributed by atoms with Crippen LogP contribution in [0.4, 0.5) is 0 Å². The minimum absolute atomic E-state index is 0.114. The SMILES string of the molecule is NCc1cccc(-c2cnc(CCCc3ccccc3)c(=O)n2CC(=O)NCc2cc3cnccc3[nH]2)c1. The fourth-order valence-corrected chi connectivity index (χ4v) is 4.57. The number of fused-ring (bicyclic) bond motifs is 1. The number of nitrogens with one attached hydrogen (secondary N) is 2. The Labute approximate surface area is 220 Å². The molecule has 2 aromatic carbocycles. The van der Waals surface area contributed by atoms with E-state index in [-0.39, 0.29) is 18.0 Å². The lowest BCUT2D eigenvalue weighted by molar-refractivity contribution is -0.121. The first-order valence-electron chi connectivity index (χ1n) is 12.7. The van der Waals surface area contributed by atoms with Crippen LogP contribution < -0.4 is 16.6 Å². The minimum Gasteiger partial charge on any atom is -0.357 e. The van der Waals surface area contributed by atoms with Gasteiger partial charge in [0.15, 0.2) is 0 Å². The highest BCUT2D eigenvalue weighted by Crippen LogP contribution is 2.20. The molecule has 0 aliphatic carbocycles. The summed E-state index contributed by atoms with van der Waals surface area (Å²) in [7, 11) is 0. The van der Waals surface area contributed by atoms with Crippen LogP contribution in [0.2, 0.25) is 0 Å². The molecule has 5 aromatic rings. The number of benzene rings is 2. The second-order valence-corrected chi connectivity index (χ2v) is 9.26. The van der Waals surface area contributed by atoms with Crippen LogP contribution >= 0.6 is 0 Å². The van der Waals surface area contributed by atoms with Gasteiger partial charge in [0, 0.05) is 41.1 Å². The number of aryl methyl sites for hydroxylation is 2. The van der Waals surface area contributed by atoms with Crippen molar-refractivity contribution in [3.05, 3.63) is 118 Å². The molecular formula is C30H30N6O2. The van der Waals surface area contributed by atoms with Crippen molar-refractivity contribution >= 4 is 16.8 Å². The van der Waals surface area contributed by atoms with Crippen LogP contribution in [0.15, 0.2) is 90.1 Å². The molecule has 0 saturated heterocycles. The molecule has 3 aromatic heterocycles. The van der Waals surface area contributed by atoms with Crippen LogP contribution in [-0.4, -0.2) is 25.4 Å². The average molecular weight is 507 g/mol. The molecule has 192 valence electrons. The summed E-state index contributed by atoms with van der Waals surface area (Å²) in [6.07, 6.45) is 7.34. The van der Waals surface area contributed by atoms with Crippen molar-refractivity contribution in [3.8, 4) is 11.3 Å². The molecule has 0 saturated carbocycles. The zero-order valence-corrected chi connectivity index (χ0v) is 21.1. The van der Waals surface area contributed by atoms with Crippen LogP contribution in [0, 0.1) is 0 Å². The van der Waals surface area contributed by atoms with Crippen LogP contribution in [0.5, 0.6) is 0 Å². The zero-order chi connectivity index (χ0) is 26.3. The fraction of sp³-hybridized carbons (Fsp3) is 0.200. The maximum atomic E-state index is 13.6. The Morgan fingerprint density at radius 3 is 2.63 bits per heavy atom. The van der Waals surface area contributed by atoms with Crippen molar-refractivity contribution in [2.24, 2.45) is 5.73 Å². The summed E-state index contributed by atoms with van der Waals surface area (Å²) >= 11 is 0. The third-order valence-corrected chi connectivity index (χ3v) is 6.56. The van der Waals surface area contributed by atoms with Crippen molar-refractivity contribution in [1.29, 1.82) is 0 Å². The predicted octanol–water partition coefficient (Wildman–Crippen LogP) is 3.74. The first-order valence-corrected chi connectivity index (χ1v) is 12.7. The monoisotopic (exact) mass is 506 g/mol. The summed E-state index contributed by atoms with van der Waals surface area (Å²) in [5, 5.41) is 3.91. The molecule has 38 heavy (non-hydrogen) atoms. The Balaban J connectivity index is 1.37. The molecule has 0 bridgehead atoms. The number of hydrogen-bond acceptors (Lipinski definition) is 5. The Morgan fingerprint density at radius 1 is 0.974 bits per heavy atom. The van der Waals surface area contributed by atoms with E-state index in [1.807, 2.05) is 54.6 Å². The third-order valence-electron chi connectivity index (χ3n) is 6.56. The van der Waals surface area contributed by atoms with Crippen LogP contribution in [0.3, 0.4) is 0 Å². The first kappa shape index (κ1) is 25.1. The van der Waals surface area contributed by atoms with E-state index in [0.29, 0.717) is 30.9 Å². The fourth-order valence-electron chi connectivity index (χ4n) is 4.57. The van der Waals surface area contributed by atoms with Gasteiger partial charge in [-0.1, -0.05) is 48.5 Å². The number of carbonyl (C=O) groups is 1. The lowest BCUT2D eigenvalue weighted by Gasteiger charge is -2.15. The van der Waals surface area contributed by atoms with Gasteiger partial charge in [-0.05, 0) is 48.6 Å². The van der Waals surface area contributed by atoms with Gasteiger partial charge in [-0.3, -0.25) is 24.1 Å². The molecule has 0 fully saturated rings. The van der Waals surface area contributed by atoms with Crippen LogP contribution in [0.25, 0.3) is 22.2 Å². The van der Waals surface area contributed by atoms with Gasteiger partial charge in [0.05, 0.1) is 18.4 Å². The molecule has 8 heteroatoms. The molecule has 0 atom stereocenters. The topological polar surface area (TPSA) is 119 Å². The quantitative estimate of drug-likeness (QED) is 0.267. The Bertz CT molecular complexity index is 1570. The number of aromatic amines is 1. The molecule has 3 heterocycles. The smallest absolute Gasteiger partial charge is 0.273 e. The van der Waals surface area contributed by atoms with Gasteiger partial charge < -0.3 is 16.0 Å². The molecular weight excluding hydrogens is 476 g/mol. The van der Waals surface area contributed by atoms with Crippen molar-refractivity contribution in [2.45, 2.75) is 38.9 Å². The van der Waals surface area contributed by atoms with E-state index < -0.39 is 0 Å². The highest BCUT2D eigenvalue weighted by atomic mass is 16.2. The molecule has 0 unspecified atom stereocenters. The van der Waals surface area contributed by atoms with Crippen molar-refractivity contribution in [1.82, 2.24) is 24.8 Å². The Kier molecular flexibility index (Phi) is 7.70. The summed E-state index contributed by atoms with van der Waals surface area (Å²) in [5.74, 6) is -0.262. The van der Waals surface area contributed by atoms with E-state index in [1.54, 1.807) is 18.6 Å². The molecule has 8 nitrogen and oxygen atoms in total. The molecule has 0 aliphatic heterocycles. The van der Waals surface area contributed by atoms with Crippen molar-refractivity contribution < 1.29 is 4.79 Å². The van der Waals surface area contributed by atoms with Crippen molar-refractivity contribution in [2.75, 3.05) is 0 Å². The normalized spacial score (nSPS) is 11.1. The standard InChI is InChI=1S/C30H30N6O2/c31-16-22-9-4-10-23(14-22)28-19-33-27(11-5-8-21-6-2-1-3-7-21)30(38)36(28)20-29(37)34-18-25-15-24-17-32-13-12-26(24)35-25/h1-4,6-7,9-10,12-15,17,19,35H,5,8,11,16,18,20,31H2,(H,34,37). The number of pyridine rings is 1. The van der Waals surface area contributed by atoms with Gasteiger partial charge in [-0.2, -0.15) is 0 Å². The maximum absolute atomic E-state index is 13.6. The highest BCUT2D eigenvalue weighted by Gasteiger charge is 2.16. The Morgan fingerprint density at radius 2 is 1.82 bits per heavy atom. The summed E-state index contributed by atoms with van der Waals surface area (Å²) in [6, 6.07) is 21.7. The molecule has 0 spiro atoms. The number of aromatic nitrogens is 4. The summed E-state index contributed by atoms with van der Waals surface area (Å²) < 4.78 is 1.52. The largest absolute Gasteiger partial charge is 0.357 e.